The molecule has 0 spiro atoms. The second-order valence-corrected chi connectivity index (χ2v) is 9.76. The highest BCUT2D eigenvalue weighted by Crippen LogP contribution is 2.35. The van der Waals surface area contributed by atoms with Crippen LogP contribution in [0.5, 0.6) is 0 Å². The summed E-state index contributed by atoms with van der Waals surface area (Å²) in [5.74, 6) is 1.15. The van der Waals surface area contributed by atoms with Gasteiger partial charge in [0.05, 0.1) is 18.9 Å². The Hall–Kier alpha value is -3.33. The SMILES string of the molecule is Cl.NC1CN(c2ccnc(CC(=O)Cc3ccc(C4=Cc5c(ncnc5N5CCOCC5)C4)cc3)c2)C1. The average Bonchev–Trinajstić information content (AvgIpc) is 3.32. The van der Waals surface area contributed by atoms with Gasteiger partial charge in [-0.05, 0) is 34.9 Å². The second-order valence-electron chi connectivity index (χ2n) is 9.76. The molecule has 2 N–H and O–H groups in total. The van der Waals surface area contributed by atoms with Gasteiger partial charge in [-0.15, -0.1) is 12.4 Å². The number of hydrogen-bond donors (Lipinski definition) is 1. The molecule has 37 heavy (non-hydrogen) atoms. The number of anilines is 2. The summed E-state index contributed by atoms with van der Waals surface area (Å²) in [5.41, 5.74) is 13.4. The smallest absolute Gasteiger partial charge is 0.143 e. The minimum Gasteiger partial charge on any atom is -0.378 e. The number of ketones is 1. The molecule has 0 amide bonds. The van der Waals surface area contributed by atoms with Crippen molar-refractivity contribution < 1.29 is 9.53 Å². The largest absolute Gasteiger partial charge is 0.378 e. The minimum absolute atomic E-state index is 0. The van der Waals surface area contributed by atoms with Crippen molar-refractivity contribution in [1.29, 1.82) is 0 Å². The first-order chi connectivity index (χ1) is 17.6. The Labute approximate surface area is 223 Å². The van der Waals surface area contributed by atoms with Gasteiger partial charge < -0.3 is 20.3 Å². The van der Waals surface area contributed by atoms with Gasteiger partial charge in [0.1, 0.15) is 17.9 Å². The summed E-state index contributed by atoms with van der Waals surface area (Å²) in [6.45, 7) is 4.86. The number of halogens is 1. The number of hydrogen-bond acceptors (Lipinski definition) is 8. The first-order valence-electron chi connectivity index (χ1n) is 12.6. The van der Waals surface area contributed by atoms with Gasteiger partial charge in [-0.25, -0.2) is 9.97 Å². The van der Waals surface area contributed by atoms with Crippen LogP contribution in [0, 0.1) is 0 Å². The number of rotatable bonds is 7. The molecule has 6 rings (SSSR count). The average molecular weight is 519 g/mol. The van der Waals surface area contributed by atoms with Crippen LogP contribution in [0.4, 0.5) is 11.5 Å². The topological polar surface area (TPSA) is 97.5 Å². The summed E-state index contributed by atoms with van der Waals surface area (Å²) in [7, 11) is 0. The van der Waals surface area contributed by atoms with Gasteiger partial charge in [-0.3, -0.25) is 9.78 Å². The van der Waals surface area contributed by atoms with Crippen LogP contribution in [-0.2, 0) is 28.8 Å². The lowest BCUT2D eigenvalue weighted by Crippen LogP contribution is -2.55. The predicted molar refractivity (Wildman–Crippen MR) is 147 cm³/mol. The number of nitrogens with two attached hydrogens (primary N) is 1. The standard InChI is InChI=1S/C28H30N6O2.ClH/c29-22-16-34(17-22)24-5-6-30-23(14-24)15-25(35)11-19-1-3-20(4-2-19)21-12-26-27(13-21)31-18-32-28(26)33-7-9-36-10-8-33;/h1-6,12,14,18,22H,7-11,13,15-17,29H2;1H. The Morgan fingerprint density at radius 2 is 1.78 bits per heavy atom. The van der Waals surface area contributed by atoms with Gasteiger partial charge in [0, 0.05) is 74.6 Å². The molecule has 0 bridgehead atoms. The fourth-order valence-electron chi connectivity index (χ4n) is 5.14. The second kappa shape index (κ2) is 11.0. The van der Waals surface area contributed by atoms with Crippen molar-refractivity contribution in [2.75, 3.05) is 49.2 Å². The van der Waals surface area contributed by atoms with E-state index in [9.17, 15) is 4.79 Å². The van der Waals surface area contributed by atoms with E-state index < -0.39 is 0 Å². The third kappa shape index (κ3) is 5.51. The van der Waals surface area contributed by atoms with Crippen LogP contribution in [0.3, 0.4) is 0 Å². The number of pyridine rings is 1. The molecule has 2 saturated heterocycles. The van der Waals surface area contributed by atoms with E-state index in [-0.39, 0.29) is 24.2 Å². The van der Waals surface area contributed by atoms with Gasteiger partial charge in [0.2, 0.25) is 0 Å². The lowest BCUT2D eigenvalue weighted by Gasteiger charge is -2.38. The van der Waals surface area contributed by atoms with Crippen LogP contribution >= 0.6 is 12.4 Å². The van der Waals surface area contributed by atoms with E-state index in [1.165, 1.54) is 5.57 Å². The molecule has 0 unspecified atom stereocenters. The van der Waals surface area contributed by atoms with Crippen molar-refractivity contribution in [2.24, 2.45) is 5.73 Å². The van der Waals surface area contributed by atoms with Crippen molar-refractivity contribution in [2.45, 2.75) is 25.3 Å². The number of ether oxygens (including phenoxy) is 1. The molecule has 2 aromatic heterocycles. The molecule has 0 saturated carbocycles. The number of allylic oxidation sites excluding steroid dienone is 1. The molecule has 2 fully saturated rings. The van der Waals surface area contributed by atoms with E-state index in [1.54, 1.807) is 12.5 Å². The number of nitrogens with zero attached hydrogens (tertiary/aromatic N) is 5. The van der Waals surface area contributed by atoms with Crippen LogP contribution < -0.4 is 15.5 Å². The monoisotopic (exact) mass is 518 g/mol. The highest BCUT2D eigenvalue weighted by Gasteiger charge is 2.24. The fourth-order valence-corrected chi connectivity index (χ4v) is 5.14. The van der Waals surface area contributed by atoms with Crippen LogP contribution in [0.2, 0.25) is 0 Å². The molecule has 8 nitrogen and oxygen atoms in total. The number of carbonyl (C=O) groups is 1. The molecule has 3 aromatic rings. The molecule has 2 aliphatic heterocycles. The third-order valence-electron chi connectivity index (χ3n) is 7.11. The zero-order valence-electron chi connectivity index (χ0n) is 20.7. The molecule has 9 heteroatoms. The van der Waals surface area contributed by atoms with E-state index in [0.29, 0.717) is 12.8 Å². The summed E-state index contributed by atoms with van der Waals surface area (Å²) >= 11 is 0. The van der Waals surface area contributed by atoms with Crippen molar-refractivity contribution in [3.05, 3.63) is 77.0 Å². The number of Topliss-reactive ketones (excluding diaryl/α,β-unsaturated/α-hetero) is 1. The molecule has 0 radical (unpaired) electrons. The number of benzene rings is 1. The summed E-state index contributed by atoms with van der Waals surface area (Å²) < 4.78 is 5.49. The molecule has 3 aliphatic rings. The number of fused-ring (bicyclic) bond motifs is 1. The minimum atomic E-state index is 0. The highest BCUT2D eigenvalue weighted by molar-refractivity contribution is 5.91. The first-order valence-corrected chi connectivity index (χ1v) is 12.6. The number of morpholine rings is 1. The van der Waals surface area contributed by atoms with E-state index >= 15 is 0 Å². The van der Waals surface area contributed by atoms with Crippen LogP contribution in [0.1, 0.15) is 28.1 Å². The molecule has 192 valence electrons. The molecule has 0 atom stereocenters. The molecular weight excluding hydrogens is 488 g/mol. The van der Waals surface area contributed by atoms with Crippen molar-refractivity contribution >= 4 is 41.3 Å². The normalized spacial score (nSPS) is 17.1. The Morgan fingerprint density at radius 3 is 2.54 bits per heavy atom. The predicted octanol–water partition coefficient (Wildman–Crippen LogP) is 2.73. The summed E-state index contributed by atoms with van der Waals surface area (Å²) in [4.78, 5) is 30.8. The van der Waals surface area contributed by atoms with Gasteiger partial charge in [0.15, 0.2) is 0 Å². The Kier molecular flexibility index (Phi) is 7.50. The molecule has 1 aliphatic carbocycles. The van der Waals surface area contributed by atoms with E-state index in [2.05, 4.69) is 55.1 Å². The van der Waals surface area contributed by atoms with Gasteiger partial charge >= 0.3 is 0 Å². The summed E-state index contributed by atoms with van der Waals surface area (Å²) in [5, 5.41) is 0. The number of aromatic nitrogens is 3. The Bertz CT molecular complexity index is 1300. The quantitative estimate of drug-likeness (QED) is 0.510. The maximum Gasteiger partial charge on any atom is 0.143 e. The molecule has 1 aromatic carbocycles. The maximum atomic E-state index is 12.8. The summed E-state index contributed by atoms with van der Waals surface area (Å²) in [6, 6.07) is 12.5. The maximum absolute atomic E-state index is 12.8. The Morgan fingerprint density at radius 1 is 1.00 bits per heavy atom. The zero-order valence-corrected chi connectivity index (χ0v) is 21.5. The van der Waals surface area contributed by atoms with Gasteiger partial charge in [-0.2, -0.15) is 0 Å². The highest BCUT2D eigenvalue weighted by atomic mass is 35.5. The first kappa shape index (κ1) is 25.3. The Balaban J connectivity index is 0.00000280. The van der Waals surface area contributed by atoms with Gasteiger partial charge in [0.25, 0.3) is 0 Å². The number of carbonyl (C=O) groups excluding carboxylic acids is 1. The molecular formula is C28H31ClN6O2. The van der Waals surface area contributed by atoms with Gasteiger partial charge in [-0.1, -0.05) is 24.3 Å². The lowest BCUT2D eigenvalue weighted by atomic mass is 10.00. The van der Waals surface area contributed by atoms with Crippen molar-refractivity contribution in [3.63, 3.8) is 0 Å². The van der Waals surface area contributed by atoms with Crippen LogP contribution in [-0.4, -0.2) is 66.2 Å². The molecule has 4 heterocycles. The van der Waals surface area contributed by atoms with E-state index in [4.69, 9.17) is 10.5 Å². The summed E-state index contributed by atoms with van der Waals surface area (Å²) in [6.07, 6.45) is 7.17. The van der Waals surface area contributed by atoms with Crippen molar-refractivity contribution in [1.82, 2.24) is 15.0 Å². The lowest BCUT2D eigenvalue weighted by molar-refractivity contribution is -0.117. The third-order valence-corrected chi connectivity index (χ3v) is 7.11. The van der Waals surface area contributed by atoms with Crippen molar-refractivity contribution in [3.8, 4) is 0 Å². The van der Waals surface area contributed by atoms with E-state index in [1.807, 2.05) is 12.1 Å². The zero-order chi connectivity index (χ0) is 24.5. The van der Waals surface area contributed by atoms with E-state index in [0.717, 1.165) is 85.4 Å². The van der Waals surface area contributed by atoms with Crippen LogP contribution in [0.25, 0.3) is 11.6 Å². The van der Waals surface area contributed by atoms with Crippen LogP contribution in [0.15, 0.2) is 48.9 Å². The fraction of sp³-hybridized carbons (Fsp3) is 0.357.